The second-order valence-corrected chi connectivity index (χ2v) is 4.13. The Morgan fingerprint density at radius 1 is 1.26 bits per heavy atom. The van der Waals surface area contributed by atoms with Crippen molar-refractivity contribution in [1.29, 1.82) is 0 Å². The summed E-state index contributed by atoms with van der Waals surface area (Å²) in [6, 6.07) is 11.4. The number of pyridine rings is 1. The molecule has 0 bridgehead atoms. The van der Waals surface area contributed by atoms with Crippen LogP contribution in [-0.2, 0) is 11.3 Å². The van der Waals surface area contributed by atoms with Crippen molar-refractivity contribution in [2.75, 3.05) is 7.11 Å². The summed E-state index contributed by atoms with van der Waals surface area (Å²) in [5.74, 6) is -0.152. The molecule has 0 aliphatic heterocycles. The molecule has 98 valence electrons. The molecular formula is C15H15NO3. The number of hydrogen-bond donors (Lipinski definition) is 0. The number of aromatic nitrogens is 1. The lowest BCUT2D eigenvalue weighted by molar-refractivity contribution is 0.0594. The van der Waals surface area contributed by atoms with Crippen molar-refractivity contribution in [2.45, 2.75) is 13.5 Å². The fourth-order valence-corrected chi connectivity index (χ4v) is 1.65. The van der Waals surface area contributed by atoms with Crippen molar-refractivity contribution in [3.63, 3.8) is 0 Å². The minimum Gasteiger partial charge on any atom is -0.472 e. The highest BCUT2D eigenvalue weighted by Crippen LogP contribution is 2.18. The third-order valence-corrected chi connectivity index (χ3v) is 2.61. The molecule has 0 aliphatic rings. The molecule has 0 atom stereocenters. The first-order chi connectivity index (χ1) is 9.20. The van der Waals surface area contributed by atoms with Gasteiger partial charge in [0.25, 0.3) is 0 Å². The van der Waals surface area contributed by atoms with Crippen molar-refractivity contribution in [2.24, 2.45) is 0 Å². The van der Waals surface area contributed by atoms with Crippen LogP contribution < -0.4 is 4.74 Å². The van der Waals surface area contributed by atoms with E-state index in [0.29, 0.717) is 18.1 Å². The molecule has 0 fully saturated rings. The number of methoxy groups -OCH3 is 1. The molecule has 0 saturated carbocycles. The Kier molecular flexibility index (Phi) is 4.13. The Morgan fingerprint density at radius 2 is 2.00 bits per heavy atom. The van der Waals surface area contributed by atoms with Gasteiger partial charge in [0, 0.05) is 6.20 Å². The van der Waals surface area contributed by atoms with Gasteiger partial charge < -0.3 is 9.47 Å². The van der Waals surface area contributed by atoms with Crippen LogP contribution in [0.1, 0.15) is 21.5 Å². The molecule has 0 aliphatic carbocycles. The molecular weight excluding hydrogens is 242 g/mol. The largest absolute Gasteiger partial charge is 0.472 e. The maximum absolute atomic E-state index is 11.7. The summed E-state index contributed by atoms with van der Waals surface area (Å²) in [5.41, 5.74) is 2.24. The molecule has 0 saturated heterocycles. The van der Waals surface area contributed by atoms with E-state index >= 15 is 0 Å². The van der Waals surface area contributed by atoms with Gasteiger partial charge in [-0.1, -0.05) is 30.3 Å². The molecule has 1 heterocycles. The first-order valence-electron chi connectivity index (χ1n) is 5.92. The summed E-state index contributed by atoms with van der Waals surface area (Å²) < 4.78 is 10.3. The van der Waals surface area contributed by atoms with E-state index in [9.17, 15) is 4.79 Å². The van der Waals surface area contributed by atoms with Crippen LogP contribution in [0.25, 0.3) is 0 Å². The van der Waals surface area contributed by atoms with Crippen LogP contribution in [0.2, 0.25) is 0 Å². The highest BCUT2D eigenvalue weighted by Gasteiger charge is 2.14. The van der Waals surface area contributed by atoms with E-state index in [4.69, 9.17) is 9.47 Å². The van der Waals surface area contributed by atoms with E-state index in [-0.39, 0.29) is 0 Å². The summed E-state index contributed by atoms with van der Waals surface area (Å²) in [6.07, 6.45) is 1.66. The second kappa shape index (κ2) is 6.00. The van der Waals surface area contributed by atoms with Gasteiger partial charge in [0.1, 0.15) is 12.2 Å². The summed E-state index contributed by atoms with van der Waals surface area (Å²) in [7, 11) is 1.34. The van der Waals surface area contributed by atoms with Crippen LogP contribution in [0.15, 0.2) is 42.6 Å². The monoisotopic (exact) mass is 257 g/mol. The number of esters is 1. The van der Waals surface area contributed by atoms with Gasteiger partial charge in [-0.2, -0.15) is 0 Å². The van der Waals surface area contributed by atoms with Gasteiger partial charge in [0.15, 0.2) is 0 Å². The first-order valence-corrected chi connectivity index (χ1v) is 5.92. The van der Waals surface area contributed by atoms with Crippen molar-refractivity contribution in [3.05, 3.63) is 59.3 Å². The number of carbonyl (C=O) groups is 1. The highest BCUT2D eigenvalue weighted by atomic mass is 16.5. The fourth-order valence-electron chi connectivity index (χ4n) is 1.65. The zero-order chi connectivity index (χ0) is 13.7. The third-order valence-electron chi connectivity index (χ3n) is 2.61. The topological polar surface area (TPSA) is 48.4 Å². The molecule has 0 spiro atoms. The summed E-state index contributed by atoms with van der Waals surface area (Å²) >= 11 is 0. The number of ether oxygens (including phenoxy) is 2. The van der Waals surface area contributed by atoms with E-state index in [0.717, 1.165) is 11.1 Å². The smallest absolute Gasteiger partial charge is 0.343 e. The average Bonchev–Trinajstić information content (AvgIpc) is 2.46. The Balaban J connectivity index is 2.18. The molecule has 2 aromatic rings. The molecule has 19 heavy (non-hydrogen) atoms. The number of carbonyl (C=O) groups excluding carboxylic acids is 1. The van der Waals surface area contributed by atoms with Crippen LogP contribution in [0.4, 0.5) is 0 Å². The lowest BCUT2D eigenvalue weighted by Gasteiger charge is -2.09. The Morgan fingerprint density at radius 3 is 2.68 bits per heavy atom. The van der Waals surface area contributed by atoms with E-state index in [1.807, 2.05) is 37.3 Å². The molecule has 1 aromatic carbocycles. The predicted molar refractivity (Wildman–Crippen MR) is 71.1 cm³/mol. The molecule has 0 radical (unpaired) electrons. The maximum atomic E-state index is 11.7. The zero-order valence-corrected chi connectivity index (χ0v) is 10.9. The molecule has 0 amide bonds. The molecule has 4 nitrogen and oxygen atoms in total. The van der Waals surface area contributed by atoms with Gasteiger partial charge in [0.05, 0.1) is 7.11 Å². The van der Waals surface area contributed by atoms with E-state index in [1.165, 1.54) is 7.11 Å². The summed E-state index contributed by atoms with van der Waals surface area (Å²) in [4.78, 5) is 15.8. The number of benzene rings is 1. The Hall–Kier alpha value is -2.36. The summed E-state index contributed by atoms with van der Waals surface area (Å²) in [6.45, 7) is 2.22. The Labute approximate surface area is 112 Å². The van der Waals surface area contributed by atoms with Gasteiger partial charge in [-0.15, -0.1) is 0 Å². The summed E-state index contributed by atoms with van der Waals surface area (Å²) in [5, 5.41) is 0. The van der Waals surface area contributed by atoms with E-state index in [2.05, 4.69) is 4.98 Å². The van der Waals surface area contributed by atoms with Crippen molar-refractivity contribution >= 4 is 5.97 Å². The normalized spacial score (nSPS) is 10.0. The van der Waals surface area contributed by atoms with Gasteiger partial charge in [-0.05, 0) is 24.1 Å². The van der Waals surface area contributed by atoms with Crippen LogP contribution in [-0.4, -0.2) is 18.1 Å². The number of aryl methyl sites for hydroxylation is 1. The van der Waals surface area contributed by atoms with Gasteiger partial charge in [0.2, 0.25) is 5.88 Å². The molecule has 0 N–H and O–H groups in total. The quantitative estimate of drug-likeness (QED) is 0.790. The lowest BCUT2D eigenvalue weighted by atomic mass is 10.2. The minimum absolute atomic E-state index is 0.293. The minimum atomic E-state index is -0.445. The second-order valence-electron chi connectivity index (χ2n) is 4.13. The van der Waals surface area contributed by atoms with Crippen LogP contribution >= 0.6 is 0 Å². The maximum Gasteiger partial charge on any atom is 0.343 e. The van der Waals surface area contributed by atoms with Crippen LogP contribution in [0, 0.1) is 6.92 Å². The number of nitrogens with zero attached hydrogens (tertiary/aromatic N) is 1. The molecule has 0 unspecified atom stereocenters. The van der Waals surface area contributed by atoms with Crippen molar-refractivity contribution in [3.8, 4) is 5.88 Å². The molecule has 4 heteroatoms. The van der Waals surface area contributed by atoms with Crippen molar-refractivity contribution in [1.82, 2.24) is 4.98 Å². The van der Waals surface area contributed by atoms with E-state index < -0.39 is 5.97 Å². The fraction of sp³-hybridized carbons (Fsp3) is 0.200. The van der Waals surface area contributed by atoms with Gasteiger partial charge >= 0.3 is 5.97 Å². The Bertz CT molecular complexity index is 567. The molecule has 1 aromatic heterocycles. The molecule has 2 rings (SSSR count). The lowest BCUT2D eigenvalue weighted by Crippen LogP contribution is -2.08. The van der Waals surface area contributed by atoms with Crippen LogP contribution in [0.5, 0.6) is 5.88 Å². The predicted octanol–water partition coefficient (Wildman–Crippen LogP) is 2.76. The van der Waals surface area contributed by atoms with Gasteiger partial charge in [-0.3, -0.25) is 0 Å². The highest BCUT2D eigenvalue weighted by molar-refractivity contribution is 5.91. The number of hydrogen-bond acceptors (Lipinski definition) is 4. The standard InChI is InChI=1S/C15H15NO3/c1-11-8-13(15(17)18-2)14(16-9-11)19-10-12-6-4-3-5-7-12/h3-9H,10H2,1-2H3. The van der Waals surface area contributed by atoms with Crippen LogP contribution in [0.3, 0.4) is 0 Å². The first kappa shape index (κ1) is 13.1. The third kappa shape index (κ3) is 3.31. The van der Waals surface area contributed by atoms with Crippen molar-refractivity contribution < 1.29 is 14.3 Å². The number of rotatable bonds is 4. The average molecular weight is 257 g/mol. The zero-order valence-electron chi connectivity index (χ0n) is 10.9. The SMILES string of the molecule is COC(=O)c1cc(C)cnc1OCc1ccccc1. The van der Waals surface area contributed by atoms with Gasteiger partial charge in [-0.25, -0.2) is 9.78 Å². The van der Waals surface area contributed by atoms with E-state index in [1.54, 1.807) is 12.3 Å².